The zero-order valence-corrected chi connectivity index (χ0v) is 14.3. The maximum Gasteiger partial charge on any atom is 0.389 e. The highest BCUT2D eigenvalue weighted by Crippen LogP contribution is 2.61. The van der Waals surface area contributed by atoms with Gasteiger partial charge in [-0.3, -0.25) is 0 Å². The summed E-state index contributed by atoms with van der Waals surface area (Å²) in [5, 5.41) is 9.04. The highest BCUT2D eigenvalue weighted by molar-refractivity contribution is 8.54. The summed E-state index contributed by atoms with van der Waals surface area (Å²) in [6.45, 7) is 2.04. The fourth-order valence-corrected chi connectivity index (χ4v) is 5.41. The van der Waals surface area contributed by atoms with Gasteiger partial charge in [-0.1, -0.05) is 11.3 Å². The smallest absolute Gasteiger partial charge is 0.389 e. The third-order valence-electron chi connectivity index (χ3n) is 1.88. The van der Waals surface area contributed by atoms with Crippen molar-refractivity contribution in [3.63, 3.8) is 0 Å². The molecule has 0 aliphatic carbocycles. The van der Waals surface area contributed by atoms with Crippen LogP contribution in [0.2, 0.25) is 0 Å². The van der Waals surface area contributed by atoms with E-state index in [0.29, 0.717) is 42.4 Å². The van der Waals surface area contributed by atoms with Crippen LogP contribution < -0.4 is 4.74 Å². The highest BCUT2D eigenvalue weighted by atomic mass is 32.7. The monoisotopic (exact) mass is 342 g/mol. The second-order valence-corrected chi connectivity index (χ2v) is 8.46. The van der Waals surface area contributed by atoms with E-state index in [1.54, 1.807) is 21.0 Å². The van der Waals surface area contributed by atoms with Gasteiger partial charge in [-0.25, -0.2) is 4.57 Å². The van der Waals surface area contributed by atoms with Crippen molar-refractivity contribution >= 4 is 29.5 Å². The van der Waals surface area contributed by atoms with Crippen LogP contribution in [0.4, 0.5) is 0 Å². The molecule has 20 heavy (non-hydrogen) atoms. The Balaban J connectivity index is 2.45. The average molecular weight is 342 g/mol. The Bertz CT molecular complexity index is 422. The Labute approximate surface area is 126 Å². The third kappa shape index (κ3) is 6.51. The lowest BCUT2D eigenvalue weighted by Crippen LogP contribution is -2.03. The number of hydrogen-bond acceptors (Lipinski definition) is 9. The number of ether oxygens (including phenoxy) is 2. The quantitative estimate of drug-likeness (QED) is 0.448. The van der Waals surface area contributed by atoms with Crippen LogP contribution in [0.1, 0.15) is 18.9 Å². The summed E-state index contributed by atoms with van der Waals surface area (Å²) < 4.78 is 32.8. The summed E-state index contributed by atoms with van der Waals surface area (Å²) in [4.78, 5) is 0. The van der Waals surface area contributed by atoms with Crippen molar-refractivity contribution in [2.24, 2.45) is 0 Å². The molecule has 10 heteroatoms. The van der Waals surface area contributed by atoms with Gasteiger partial charge in [0.1, 0.15) is 11.6 Å². The Kier molecular flexibility index (Phi) is 8.67. The Morgan fingerprint density at radius 2 is 1.90 bits per heavy atom. The second kappa shape index (κ2) is 9.70. The predicted octanol–water partition coefficient (Wildman–Crippen LogP) is 2.98. The lowest BCUT2D eigenvalue weighted by Gasteiger charge is -2.14. The lowest BCUT2D eigenvalue weighted by atomic mass is 10.8. The first-order valence-electron chi connectivity index (χ1n) is 6.11. The van der Waals surface area contributed by atoms with Crippen molar-refractivity contribution in [3.05, 3.63) is 5.01 Å². The molecular formula is C10H19N2O5PS2. The zero-order valence-electron chi connectivity index (χ0n) is 11.7. The largest absolute Gasteiger partial charge is 0.466 e. The van der Waals surface area contributed by atoms with Crippen LogP contribution in [0.3, 0.4) is 0 Å². The zero-order chi connectivity index (χ0) is 14.8. The van der Waals surface area contributed by atoms with Gasteiger partial charge in [-0.15, -0.1) is 10.2 Å². The third-order valence-corrected chi connectivity index (χ3v) is 6.74. The van der Waals surface area contributed by atoms with E-state index in [2.05, 4.69) is 10.2 Å². The molecule has 0 N–H and O–H groups in total. The number of aromatic nitrogens is 2. The van der Waals surface area contributed by atoms with Crippen molar-refractivity contribution in [2.45, 2.75) is 19.6 Å². The summed E-state index contributed by atoms with van der Waals surface area (Å²) in [7, 11) is 1.60. The van der Waals surface area contributed by atoms with Gasteiger partial charge < -0.3 is 18.5 Å². The summed E-state index contributed by atoms with van der Waals surface area (Å²) >= 11 is 2.41. The molecule has 0 unspecified atom stereocenters. The van der Waals surface area contributed by atoms with E-state index in [1.165, 1.54) is 11.3 Å². The molecule has 0 saturated heterocycles. The summed E-state index contributed by atoms with van der Waals surface area (Å²) in [6.07, 6.45) is 0. The highest BCUT2D eigenvalue weighted by Gasteiger charge is 2.25. The van der Waals surface area contributed by atoms with E-state index in [9.17, 15) is 4.57 Å². The van der Waals surface area contributed by atoms with Gasteiger partial charge in [0.05, 0.1) is 25.6 Å². The fourth-order valence-electron chi connectivity index (χ4n) is 1.13. The maximum absolute atomic E-state index is 12.2. The molecule has 7 nitrogen and oxygen atoms in total. The van der Waals surface area contributed by atoms with E-state index in [4.69, 9.17) is 18.5 Å². The van der Waals surface area contributed by atoms with Crippen LogP contribution >= 0.6 is 29.5 Å². The Morgan fingerprint density at radius 3 is 2.50 bits per heavy atom. The summed E-state index contributed by atoms with van der Waals surface area (Å²) in [6, 6.07) is 0. The lowest BCUT2D eigenvalue weighted by molar-refractivity contribution is 0.145. The van der Waals surface area contributed by atoms with Crippen molar-refractivity contribution in [1.82, 2.24) is 10.2 Å². The number of nitrogens with zero attached hydrogens (tertiary/aromatic N) is 2. The van der Waals surface area contributed by atoms with Crippen molar-refractivity contribution < 1.29 is 23.1 Å². The van der Waals surface area contributed by atoms with Crippen LogP contribution in [0.15, 0.2) is 0 Å². The molecule has 0 aliphatic rings. The second-order valence-electron chi connectivity index (χ2n) is 3.36. The summed E-state index contributed by atoms with van der Waals surface area (Å²) in [5.74, 6) is 0.405. The molecule has 1 heterocycles. The molecule has 0 bridgehead atoms. The fraction of sp³-hybridized carbons (Fsp3) is 0.800. The average Bonchev–Trinajstić information content (AvgIpc) is 2.86. The molecule has 0 atom stereocenters. The van der Waals surface area contributed by atoms with E-state index >= 15 is 0 Å². The van der Waals surface area contributed by atoms with Crippen LogP contribution in [-0.2, 0) is 24.1 Å². The minimum Gasteiger partial charge on any atom is -0.466 e. The van der Waals surface area contributed by atoms with Gasteiger partial charge in [0.2, 0.25) is 0 Å². The Hall–Kier alpha value is -0.180. The molecule has 0 saturated carbocycles. The first-order chi connectivity index (χ1) is 9.63. The topological polar surface area (TPSA) is 79.8 Å². The van der Waals surface area contributed by atoms with Gasteiger partial charge in [0.25, 0.3) is 5.19 Å². The van der Waals surface area contributed by atoms with E-state index in [1.807, 2.05) is 0 Å². The number of rotatable bonds is 11. The molecular weight excluding hydrogens is 323 g/mol. The van der Waals surface area contributed by atoms with Gasteiger partial charge in [0, 0.05) is 7.11 Å². The minimum absolute atomic E-state index is 0.339. The normalized spacial score (nSPS) is 11.8. The first kappa shape index (κ1) is 17.9. The SMILES string of the molecule is CCOP(=O)(OCC)SCc1nnc(OCCOC)s1. The standard InChI is InChI=1S/C10H19N2O5PS2/c1-4-16-18(13,17-5-2)19-8-9-11-12-10(20-9)15-7-6-14-3/h4-8H2,1-3H3. The predicted molar refractivity (Wildman–Crippen MR) is 79.4 cm³/mol. The Morgan fingerprint density at radius 1 is 1.20 bits per heavy atom. The minimum atomic E-state index is -3.11. The van der Waals surface area contributed by atoms with Crippen LogP contribution in [0, 0.1) is 0 Å². The molecule has 0 aliphatic heterocycles. The molecule has 1 aromatic rings. The van der Waals surface area contributed by atoms with Crippen LogP contribution in [0.25, 0.3) is 0 Å². The van der Waals surface area contributed by atoms with Gasteiger partial charge in [-0.2, -0.15) is 0 Å². The maximum atomic E-state index is 12.2. The molecule has 0 fully saturated rings. The summed E-state index contributed by atoms with van der Waals surface area (Å²) in [5.41, 5.74) is 0. The van der Waals surface area contributed by atoms with Crippen molar-refractivity contribution in [1.29, 1.82) is 0 Å². The van der Waals surface area contributed by atoms with Crippen molar-refractivity contribution in [2.75, 3.05) is 33.5 Å². The van der Waals surface area contributed by atoms with E-state index in [0.717, 1.165) is 11.4 Å². The molecule has 0 radical (unpaired) electrons. The molecule has 0 aromatic carbocycles. The number of methoxy groups -OCH3 is 1. The molecule has 1 rings (SSSR count). The van der Waals surface area contributed by atoms with Crippen molar-refractivity contribution in [3.8, 4) is 5.19 Å². The number of hydrogen-bond donors (Lipinski definition) is 0. The van der Waals surface area contributed by atoms with Gasteiger partial charge in [-0.05, 0) is 25.2 Å². The molecule has 0 spiro atoms. The first-order valence-corrected chi connectivity index (χ1v) is 10.1. The molecule has 1 aromatic heterocycles. The van der Waals surface area contributed by atoms with E-state index in [-0.39, 0.29) is 0 Å². The van der Waals surface area contributed by atoms with Gasteiger partial charge in [0.15, 0.2) is 0 Å². The van der Waals surface area contributed by atoms with Crippen LogP contribution in [-0.4, -0.2) is 43.7 Å². The molecule has 116 valence electrons. The van der Waals surface area contributed by atoms with E-state index < -0.39 is 6.80 Å². The molecule has 0 amide bonds. The van der Waals surface area contributed by atoms with Gasteiger partial charge >= 0.3 is 6.80 Å². The van der Waals surface area contributed by atoms with Crippen LogP contribution in [0.5, 0.6) is 5.19 Å².